The van der Waals surface area contributed by atoms with Crippen molar-refractivity contribution in [1.82, 2.24) is 9.55 Å². The van der Waals surface area contributed by atoms with E-state index in [1.165, 1.54) is 5.56 Å². The van der Waals surface area contributed by atoms with Crippen LogP contribution in [0.4, 0.5) is 0 Å². The number of hydrogen-bond donors (Lipinski definition) is 0. The molecule has 3 nitrogen and oxygen atoms in total. The summed E-state index contributed by atoms with van der Waals surface area (Å²) >= 11 is 0. The molecule has 0 aliphatic carbocycles. The summed E-state index contributed by atoms with van der Waals surface area (Å²) in [6, 6.07) is 16.7. The molecule has 0 bridgehead atoms. The Labute approximate surface area is 147 Å². The molecule has 0 saturated carbocycles. The van der Waals surface area contributed by atoms with E-state index in [-0.39, 0.29) is 5.41 Å². The van der Waals surface area contributed by atoms with Crippen molar-refractivity contribution in [2.45, 2.75) is 33.1 Å². The monoisotopic (exact) mass is 330 g/mol. The molecule has 0 amide bonds. The number of aromatic nitrogens is 2. The average molecular weight is 330 g/mol. The van der Waals surface area contributed by atoms with Gasteiger partial charge in [-0.25, -0.2) is 4.98 Å². The smallest absolute Gasteiger partial charge is 0.227 e. The summed E-state index contributed by atoms with van der Waals surface area (Å²) in [4.78, 5) is 4.73. The molecule has 3 heteroatoms. The van der Waals surface area contributed by atoms with E-state index in [0.29, 0.717) is 5.89 Å². The first kappa shape index (κ1) is 15.7. The Morgan fingerprint density at radius 1 is 0.960 bits per heavy atom. The second-order valence-corrected chi connectivity index (χ2v) is 7.55. The molecule has 0 unspecified atom stereocenters. The molecule has 4 aromatic rings. The predicted molar refractivity (Wildman–Crippen MR) is 102 cm³/mol. The van der Waals surface area contributed by atoms with E-state index in [9.17, 15) is 0 Å². The van der Waals surface area contributed by atoms with Crippen LogP contribution in [0.1, 0.15) is 31.9 Å². The van der Waals surface area contributed by atoms with Gasteiger partial charge in [0.1, 0.15) is 5.52 Å². The Morgan fingerprint density at radius 3 is 2.28 bits per heavy atom. The summed E-state index contributed by atoms with van der Waals surface area (Å²) in [5.41, 5.74) is 6.38. The molecule has 2 heterocycles. The molecule has 4 rings (SSSR count). The fraction of sp³-hybridized carbons (Fsp3) is 0.227. The standard InChI is InChI=1S/C22H22N2O/c1-15-13-18(24-11-5-6-12-24)14-19-20(15)25-21(23-19)16-7-9-17(10-8-16)22(2,3)4/h5-14H,1-4H3. The van der Waals surface area contributed by atoms with Crippen molar-refractivity contribution in [3.05, 3.63) is 72.1 Å². The molecule has 0 radical (unpaired) electrons. The minimum atomic E-state index is 0.141. The zero-order valence-electron chi connectivity index (χ0n) is 15.1. The summed E-state index contributed by atoms with van der Waals surface area (Å²) in [6.45, 7) is 8.71. The highest BCUT2D eigenvalue weighted by Gasteiger charge is 2.15. The molecule has 0 fully saturated rings. The van der Waals surface area contributed by atoms with Gasteiger partial charge in [-0.05, 0) is 59.9 Å². The van der Waals surface area contributed by atoms with Crippen molar-refractivity contribution in [3.8, 4) is 17.1 Å². The second-order valence-electron chi connectivity index (χ2n) is 7.55. The van der Waals surface area contributed by atoms with Crippen molar-refractivity contribution in [2.24, 2.45) is 0 Å². The lowest BCUT2D eigenvalue weighted by atomic mass is 9.87. The van der Waals surface area contributed by atoms with Crippen molar-refractivity contribution in [1.29, 1.82) is 0 Å². The highest BCUT2D eigenvalue weighted by molar-refractivity contribution is 5.81. The van der Waals surface area contributed by atoms with Gasteiger partial charge in [-0.15, -0.1) is 0 Å². The van der Waals surface area contributed by atoms with E-state index in [0.717, 1.165) is 27.9 Å². The largest absolute Gasteiger partial charge is 0.436 e. The molecule has 126 valence electrons. The lowest BCUT2D eigenvalue weighted by Gasteiger charge is -2.18. The predicted octanol–water partition coefficient (Wildman–Crippen LogP) is 5.89. The van der Waals surface area contributed by atoms with Crippen LogP contribution in [-0.4, -0.2) is 9.55 Å². The Morgan fingerprint density at radius 2 is 1.64 bits per heavy atom. The number of oxazole rings is 1. The van der Waals surface area contributed by atoms with Gasteiger partial charge in [0.05, 0.1) is 0 Å². The highest BCUT2D eigenvalue weighted by Crippen LogP contribution is 2.30. The summed E-state index contributed by atoms with van der Waals surface area (Å²) in [5, 5.41) is 0. The summed E-state index contributed by atoms with van der Waals surface area (Å²) in [7, 11) is 0. The van der Waals surface area contributed by atoms with Gasteiger partial charge in [-0.3, -0.25) is 0 Å². The molecule has 25 heavy (non-hydrogen) atoms. The normalized spacial score (nSPS) is 12.0. The van der Waals surface area contributed by atoms with Gasteiger partial charge < -0.3 is 8.98 Å². The van der Waals surface area contributed by atoms with E-state index >= 15 is 0 Å². The molecule has 0 N–H and O–H groups in total. The van der Waals surface area contributed by atoms with Crippen LogP contribution in [-0.2, 0) is 5.41 Å². The molecule has 2 aromatic heterocycles. The first-order valence-corrected chi connectivity index (χ1v) is 8.57. The molecule has 0 spiro atoms. The molecule has 0 atom stereocenters. The number of rotatable bonds is 2. The second kappa shape index (κ2) is 5.62. The van der Waals surface area contributed by atoms with Crippen LogP contribution < -0.4 is 0 Å². The molecule has 2 aromatic carbocycles. The minimum Gasteiger partial charge on any atom is -0.436 e. The zero-order chi connectivity index (χ0) is 17.6. The number of benzene rings is 2. The molecule has 0 saturated heterocycles. The number of nitrogens with zero attached hydrogens (tertiary/aromatic N) is 2. The van der Waals surface area contributed by atoms with E-state index < -0.39 is 0 Å². The molecule has 0 aliphatic heterocycles. The van der Waals surface area contributed by atoms with Crippen LogP contribution in [0.5, 0.6) is 0 Å². The lowest BCUT2D eigenvalue weighted by molar-refractivity contribution is 0.589. The van der Waals surface area contributed by atoms with E-state index in [4.69, 9.17) is 9.40 Å². The van der Waals surface area contributed by atoms with Gasteiger partial charge in [-0.1, -0.05) is 32.9 Å². The Bertz CT molecular complexity index is 1020. The van der Waals surface area contributed by atoms with Crippen molar-refractivity contribution < 1.29 is 4.42 Å². The third-order valence-electron chi connectivity index (χ3n) is 4.56. The van der Waals surface area contributed by atoms with Gasteiger partial charge in [0, 0.05) is 23.6 Å². The van der Waals surface area contributed by atoms with E-state index in [1.54, 1.807) is 0 Å². The van der Waals surface area contributed by atoms with Crippen LogP contribution in [0.2, 0.25) is 0 Å². The van der Waals surface area contributed by atoms with Crippen LogP contribution in [0.3, 0.4) is 0 Å². The number of hydrogen-bond acceptors (Lipinski definition) is 2. The maximum absolute atomic E-state index is 6.06. The third kappa shape index (κ3) is 2.86. The Kier molecular flexibility index (Phi) is 3.53. The zero-order valence-corrected chi connectivity index (χ0v) is 15.1. The minimum absolute atomic E-state index is 0.141. The van der Waals surface area contributed by atoms with E-state index in [1.807, 2.05) is 24.5 Å². The first-order valence-electron chi connectivity index (χ1n) is 8.57. The van der Waals surface area contributed by atoms with Crippen molar-refractivity contribution in [3.63, 3.8) is 0 Å². The lowest BCUT2D eigenvalue weighted by Crippen LogP contribution is -2.10. The quantitative estimate of drug-likeness (QED) is 0.459. The number of aryl methyl sites for hydroxylation is 1. The third-order valence-corrected chi connectivity index (χ3v) is 4.56. The van der Waals surface area contributed by atoms with Crippen LogP contribution in [0.15, 0.2) is 65.3 Å². The van der Waals surface area contributed by atoms with Gasteiger partial charge in [0.2, 0.25) is 5.89 Å². The SMILES string of the molecule is Cc1cc(-n2cccc2)cc2nc(-c3ccc(C(C)(C)C)cc3)oc12. The van der Waals surface area contributed by atoms with Crippen molar-refractivity contribution >= 4 is 11.1 Å². The maximum Gasteiger partial charge on any atom is 0.227 e. The average Bonchev–Trinajstić information content (AvgIpc) is 3.24. The van der Waals surface area contributed by atoms with E-state index in [2.05, 4.69) is 68.7 Å². The van der Waals surface area contributed by atoms with Crippen LogP contribution in [0.25, 0.3) is 28.2 Å². The summed E-state index contributed by atoms with van der Waals surface area (Å²) < 4.78 is 8.14. The van der Waals surface area contributed by atoms with Crippen LogP contribution in [0, 0.1) is 6.92 Å². The fourth-order valence-electron chi connectivity index (χ4n) is 3.07. The van der Waals surface area contributed by atoms with Crippen LogP contribution >= 0.6 is 0 Å². The topological polar surface area (TPSA) is 31.0 Å². The van der Waals surface area contributed by atoms with Gasteiger partial charge >= 0.3 is 0 Å². The fourth-order valence-corrected chi connectivity index (χ4v) is 3.07. The van der Waals surface area contributed by atoms with Crippen molar-refractivity contribution in [2.75, 3.05) is 0 Å². The summed E-state index contributed by atoms with van der Waals surface area (Å²) in [5.74, 6) is 0.670. The Hall–Kier alpha value is -2.81. The van der Waals surface area contributed by atoms with Gasteiger partial charge in [0.15, 0.2) is 5.58 Å². The van der Waals surface area contributed by atoms with Gasteiger partial charge in [-0.2, -0.15) is 0 Å². The maximum atomic E-state index is 6.06. The number of fused-ring (bicyclic) bond motifs is 1. The Balaban J connectivity index is 1.77. The van der Waals surface area contributed by atoms with Gasteiger partial charge in [0.25, 0.3) is 0 Å². The molecular formula is C22H22N2O. The molecule has 0 aliphatic rings. The molecular weight excluding hydrogens is 308 g/mol. The summed E-state index contributed by atoms with van der Waals surface area (Å²) in [6.07, 6.45) is 4.07. The highest BCUT2D eigenvalue weighted by atomic mass is 16.3. The first-order chi connectivity index (χ1) is 11.9.